The highest BCUT2D eigenvalue weighted by atomic mass is 35.5. The van der Waals surface area contributed by atoms with Crippen LogP contribution in [0.4, 0.5) is 15.8 Å². The number of benzene rings is 3. The van der Waals surface area contributed by atoms with E-state index in [0.29, 0.717) is 10.7 Å². The lowest BCUT2D eigenvalue weighted by Crippen LogP contribution is -2.27. The van der Waals surface area contributed by atoms with E-state index in [2.05, 4.69) is 5.32 Å². The number of carbonyl (C=O) groups excluding carboxylic acids is 1. The fourth-order valence-electron chi connectivity index (χ4n) is 2.53. The largest absolute Gasteiger partial charge is 0.322 e. The molecule has 1 amide bonds. The molecule has 144 valence electrons. The van der Waals surface area contributed by atoms with Gasteiger partial charge in [-0.25, -0.2) is 12.8 Å². The number of nitrogens with one attached hydrogen (secondary N) is 1. The standard InChI is InChI=1S/C20H16ClFN2O3S/c1-24(19-8-3-2-7-18(19)22)28(26,27)17-6-4-5-14(13-17)20(25)23-16-11-9-15(21)10-12-16/h2-13H,1H3,(H,23,25). The van der Waals surface area contributed by atoms with E-state index >= 15 is 0 Å². The number of sulfonamides is 1. The van der Waals surface area contributed by atoms with Crippen LogP contribution in [0.5, 0.6) is 0 Å². The van der Waals surface area contributed by atoms with Crippen molar-refractivity contribution < 1.29 is 17.6 Å². The van der Waals surface area contributed by atoms with Gasteiger partial charge in [0.2, 0.25) is 0 Å². The van der Waals surface area contributed by atoms with Crippen LogP contribution in [-0.4, -0.2) is 21.4 Å². The van der Waals surface area contributed by atoms with Gasteiger partial charge in [0.25, 0.3) is 15.9 Å². The molecule has 8 heteroatoms. The van der Waals surface area contributed by atoms with Crippen LogP contribution in [0.3, 0.4) is 0 Å². The Kier molecular flexibility index (Phi) is 5.67. The molecule has 0 radical (unpaired) electrons. The summed E-state index contributed by atoms with van der Waals surface area (Å²) in [4.78, 5) is 12.3. The predicted octanol–water partition coefficient (Wildman–Crippen LogP) is 4.56. The zero-order valence-corrected chi connectivity index (χ0v) is 16.3. The fraction of sp³-hybridized carbons (Fsp3) is 0.0500. The highest BCUT2D eigenvalue weighted by Crippen LogP contribution is 2.25. The van der Waals surface area contributed by atoms with Crippen molar-refractivity contribution >= 4 is 38.9 Å². The molecule has 0 unspecified atom stereocenters. The molecule has 0 aliphatic heterocycles. The molecule has 0 bridgehead atoms. The number of nitrogens with zero attached hydrogens (tertiary/aromatic N) is 1. The molecule has 0 saturated carbocycles. The lowest BCUT2D eigenvalue weighted by atomic mass is 10.2. The van der Waals surface area contributed by atoms with Crippen LogP contribution in [0.1, 0.15) is 10.4 Å². The second kappa shape index (κ2) is 8.00. The SMILES string of the molecule is CN(c1ccccc1F)S(=O)(=O)c1cccc(C(=O)Nc2ccc(Cl)cc2)c1. The minimum Gasteiger partial charge on any atom is -0.322 e. The molecular formula is C20H16ClFN2O3S. The third-order valence-electron chi connectivity index (χ3n) is 4.05. The van der Waals surface area contributed by atoms with E-state index in [1.807, 2.05) is 0 Å². The quantitative estimate of drug-likeness (QED) is 0.660. The minimum atomic E-state index is -4.05. The van der Waals surface area contributed by atoms with E-state index in [1.54, 1.807) is 30.3 Å². The van der Waals surface area contributed by atoms with E-state index < -0.39 is 21.7 Å². The number of anilines is 2. The third kappa shape index (κ3) is 4.16. The van der Waals surface area contributed by atoms with E-state index in [9.17, 15) is 17.6 Å². The van der Waals surface area contributed by atoms with E-state index in [4.69, 9.17) is 11.6 Å². The Morgan fingerprint density at radius 3 is 2.36 bits per heavy atom. The first kappa shape index (κ1) is 19.9. The summed E-state index contributed by atoms with van der Waals surface area (Å²) in [6, 6.07) is 17.6. The van der Waals surface area contributed by atoms with Crippen LogP contribution in [0.15, 0.2) is 77.7 Å². The van der Waals surface area contributed by atoms with Crippen LogP contribution in [0, 0.1) is 5.82 Å². The van der Waals surface area contributed by atoms with Gasteiger partial charge in [0, 0.05) is 23.3 Å². The molecule has 0 fully saturated rings. The zero-order chi connectivity index (χ0) is 20.3. The summed E-state index contributed by atoms with van der Waals surface area (Å²) in [5.74, 6) is -1.14. The molecular weight excluding hydrogens is 403 g/mol. The molecule has 28 heavy (non-hydrogen) atoms. The fourth-order valence-corrected chi connectivity index (χ4v) is 3.90. The summed E-state index contributed by atoms with van der Waals surface area (Å²) in [6.45, 7) is 0. The molecule has 1 N–H and O–H groups in total. The van der Waals surface area contributed by atoms with Gasteiger partial charge in [0.15, 0.2) is 0 Å². The molecule has 5 nitrogen and oxygen atoms in total. The molecule has 0 saturated heterocycles. The maximum Gasteiger partial charge on any atom is 0.264 e. The smallest absolute Gasteiger partial charge is 0.264 e. The second-order valence-corrected chi connectivity index (χ2v) is 8.32. The average molecular weight is 419 g/mol. The Morgan fingerprint density at radius 2 is 1.68 bits per heavy atom. The molecule has 0 aliphatic carbocycles. The van der Waals surface area contributed by atoms with E-state index in [0.717, 1.165) is 4.31 Å². The van der Waals surface area contributed by atoms with Gasteiger partial charge in [-0.2, -0.15) is 0 Å². The monoisotopic (exact) mass is 418 g/mol. The van der Waals surface area contributed by atoms with Gasteiger partial charge >= 0.3 is 0 Å². The Labute approximate surface area is 167 Å². The summed E-state index contributed by atoms with van der Waals surface area (Å²) in [7, 11) is -2.80. The van der Waals surface area contributed by atoms with Gasteiger partial charge in [-0.3, -0.25) is 9.10 Å². The van der Waals surface area contributed by atoms with Gasteiger partial charge in [0.1, 0.15) is 5.82 Å². The maximum atomic E-state index is 14.0. The summed E-state index contributed by atoms with van der Waals surface area (Å²) in [5, 5.41) is 3.20. The van der Waals surface area contributed by atoms with Crippen molar-refractivity contribution in [3.05, 3.63) is 89.2 Å². The Bertz CT molecular complexity index is 1120. The maximum absolute atomic E-state index is 14.0. The van der Waals surface area contributed by atoms with E-state index in [1.165, 1.54) is 49.5 Å². The van der Waals surface area contributed by atoms with Crippen molar-refractivity contribution in [2.24, 2.45) is 0 Å². The summed E-state index contributed by atoms with van der Waals surface area (Å²) < 4.78 is 40.6. The van der Waals surface area contributed by atoms with Crippen molar-refractivity contribution in [2.45, 2.75) is 4.90 Å². The summed E-state index contributed by atoms with van der Waals surface area (Å²) in [5.41, 5.74) is 0.586. The normalized spacial score (nSPS) is 11.1. The number of amides is 1. The lowest BCUT2D eigenvalue weighted by molar-refractivity contribution is 0.102. The first-order valence-corrected chi connectivity index (χ1v) is 10.0. The summed E-state index contributed by atoms with van der Waals surface area (Å²) in [6.07, 6.45) is 0. The number of hydrogen-bond donors (Lipinski definition) is 1. The Hall–Kier alpha value is -2.90. The van der Waals surface area contributed by atoms with Crippen LogP contribution < -0.4 is 9.62 Å². The average Bonchev–Trinajstić information content (AvgIpc) is 2.69. The highest BCUT2D eigenvalue weighted by Gasteiger charge is 2.24. The van der Waals surface area contributed by atoms with Gasteiger partial charge in [0.05, 0.1) is 10.6 Å². The molecule has 3 rings (SSSR count). The predicted molar refractivity (Wildman–Crippen MR) is 108 cm³/mol. The van der Waals surface area contributed by atoms with Gasteiger partial charge < -0.3 is 5.32 Å². The number of hydrogen-bond acceptors (Lipinski definition) is 3. The zero-order valence-electron chi connectivity index (χ0n) is 14.8. The molecule has 0 heterocycles. The van der Waals surface area contributed by atoms with Crippen molar-refractivity contribution in [1.82, 2.24) is 0 Å². The number of rotatable bonds is 5. The topological polar surface area (TPSA) is 66.5 Å². The first-order chi connectivity index (χ1) is 13.3. The molecule has 0 spiro atoms. The van der Waals surface area contributed by atoms with Gasteiger partial charge in [-0.1, -0.05) is 29.8 Å². The number of para-hydroxylation sites is 1. The van der Waals surface area contributed by atoms with Crippen molar-refractivity contribution in [1.29, 1.82) is 0 Å². The number of halogens is 2. The summed E-state index contributed by atoms with van der Waals surface area (Å²) >= 11 is 5.82. The van der Waals surface area contributed by atoms with Gasteiger partial charge in [-0.05, 0) is 54.6 Å². The molecule has 3 aromatic rings. The molecule has 0 aromatic heterocycles. The van der Waals surface area contributed by atoms with Crippen molar-refractivity contribution in [3.63, 3.8) is 0 Å². The molecule has 0 atom stereocenters. The minimum absolute atomic E-state index is 0.0847. The molecule has 3 aromatic carbocycles. The molecule has 0 aliphatic rings. The van der Waals surface area contributed by atoms with Gasteiger partial charge in [-0.15, -0.1) is 0 Å². The Balaban J connectivity index is 1.88. The Morgan fingerprint density at radius 1 is 1.00 bits per heavy atom. The van der Waals surface area contributed by atoms with Crippen molar-refractivity contribution in [3.8, 4) is 0 Å². The highest BCUT2D eigenvalue weighted by molar-refractivity contribution is 7.92. The first-order valence-electron chi connectivity index (χ1n) is 8.19. The number of carbonyl (C=O) groups is 1. The lowest BCUT2D eigenvalue weighted by Gasteiger charge is -2.20. The van der Waals surface area contributed by atoms with E-state index in [-0.39, 0.29) is 16.1 Å². The van der Waals surface area contributed by atoms with Crippen LogP contribution in [0.2, 0.25) is 5.02 Å². The third-order valence-corrected chi connectivity index (χ3v) is 6.07. The van der Waals surface area contributed by atoms with Crippen molar-refractivity contribution in [2.75, 3.05) is 16.7 Å². The van der Waals surface area contributed by atoms with Crippen LogP contribution in [-0.2, 0) is 10.0 Å². The second-order valence-electron chi connectivity index (χ2n) is 5.91. The van der Waals surface area contributed by atoms with Crippen LogP contribution >= 0.6 is 11.6 Å². The van der Waals surface area contributed by atoms with Crippen LogP contribution in [0.25, 0.3) is 0 Å².